The van der Waals surface area contributed by atoms with E-state index in [0.717, 1.165) is 44.7 Å². The second-order valence-electron chi connectivity index (χ2n) is 4.06. The van der Waals surface area contributed by atoms with Crippen molar-refractivity contribution in [3.05, 3.63) is 29.8 Å². The minimum atomic E-state index is 0.276. The number of aliphatic hydroxyl groups is 1. The van der Waals surface area contributed by atoms with E-state index in [9.17, 15) is 0 Å². The Morgan fingerprint density at radius 2 is 2.06 bits per heavy atom. The van der Waals surface area contributed by atoms with E-state index in [1.54, 1.807) is 0 Å². The summed E-state index contributed by atoms with van der Waals surface area (Å²) in [6, 6.07) is 8.13. The summed E-state index contributed by atoms with van der Waals surface area (Å²) in [4.78, 5) is 0. The SMILES string of the molecule is CCCOc1ccccc1CNCCCCO. The molecule has 0 fully saturated rings. The molecule has 3 nitrogen and oxygen atoms in total. The number of para-hydroxylation sites is 1. The van der Waals surface area contributed by atoms with E-state index in [-0.39, 0.29) is 6.61 Å². The molecule has 0 atom stereocenters. The van der Waals surface area contributed by atoms with Gasteiger partial charge in [-0.1, -0.05) is 25.1 Å². The minimum absolute atomic E-state index is 0.276. The van der Waals surface area contributed by atoms with E-state index in [1.165, 1.54) is 5.56 Å². The lowest BCUT2D eigenvalue weighted by atomic mass is 10.2. The summed E-state index contributed by atoms with van der Waals surface area (Å²) >= 11 is 0. The smallest absolute Gasteiger partial charge is 0.123 e. The molecule has 17 heavy (non-hydrogen) atoms. The average Bonchev–Trinajstić information content (AvgIpc) is 2.37. The first-order chi connectivity index (χ1) is 8.38. The van der Waals surface area contributed by atoms with E-state index in [4.69, 9.17) is 9.84 Å². The first-order valence-electron chi connectivity index (χ1n) is 6.40. The summed E-state index contributed by atoms with van der Waals surface area (Å²) < 4.78 is 5.68. The van der Waals surface area contributed by atoms with E-state index >= 15 is 0 Å². The van der Waals surface area contributed by atoms with Crippen LogP contribution in [-0.4, -0.2) is 24.9 Å². The molecular formula is C14H23NO2. The molecule has 3 heteroatoms. The molecule has 0 bridgehead atoms. The highest BCUT2D eigenvalue weighted by atomic mass is 16.5. The molecule has 0 saturated heterocycles. The number of hydrogen-bond donors (Lipinski definition) is 2. The van der Waals surface area contributed by atoms with Crippen LogP contribution < -0.4 is 10.1 Å². The Morgan fingerprint density at radius 1 is 1.24 bits per heavy atom. The first kappa shape index (κ1) is 14.0. The fourth-order valence-electron chi connectivity index (χ4n) is 1.59. The maximum absolute atomic E-state index is 8.68. The van der Waals surface area contributed by atoms with Crippen molar-refractivity contribution in [1.29, 1.82) is 0 Å². The number of unbranched alkanes of at least 4 members (excludes halogenated alkanes) is 1. The molecule has 0 aromatic heterocycles. The van der Waals surface area contributed by atoms with Gasteiger partial charge >= 0.3 is 0 Å². The van der Waals surface area contributed by atoms with Crippen LogP contribution in [0.15, 0.2) is 24.3 Å². The van der Waals surface area contributed by atoms with E-state index in [1.807, 2.05) is 18.2 Å². The summed E-state index contributed by atoms with van der Waals surface area (Å²) in [5.74, 6) is 0.976. The maximum Gasteiger partial charge on any atom is 0.123 e. The summed E-state index contributed by atoms with van der Waals surface area (Å²) in [7, 11) is 0. The highest BCUT2D eigenvalue weighted by Crippen LogP contribution is 2.17. The second kappa shape index (κ2) is 9.02. The standard InChI is InChI=1S/C14H23NO2/c1-2-11-17-14-8-4-3-7-13(14)12-15-9-5-6-10-16/h3-4,7-8,15-16H,2,5-6,9-12H2,1H3. The largest absolute Gasteiger partial charge is 0.493 e. The van der Waals surface area contributed by atoms with Gasteiger partial charge in [-0.2, -0.15) is 0 Å². The van der Waals surface area contributed by atoms with Crippen molar-refractivity contribution in [1.82, 2.24) is 5.32 Å². The second-order valence-corrected chi connectivity index (χ2v) is 4.06. The number of benzene rings is 1. The third-order valence-electron chi connectivity index (χ3n) is 2.51. The van der Waals surface area contributed by atoms with Gasteiger partial charge in [0, 0.05) is 18.7 Å². The van der Waals surface area contributed by atoms with Gasteiger partial charge < -0.3 is 15.2 Å². The molecule has 0 aliphatic rings. The minimum Gasteiger partial charge on any atom is -0.493 e. The Balaban J connectivity index is 2.35. The first-order valence-corrected chi connectivity index (χ1v) is 6.40. The van der Waals surface area contributed by atoms with Crippen molar-refractivity contribution in [3.8, 4) is 5.75 Å². The van der Waals surface area contributed by atoms with Crippen molar-refractivity contribution in [2.45, 2.75) is 32.7 Å². The van der Waals surface area contributed by atoms with Crippen LogP contribution >= 0.6 is 0 Å². The van der Waals surface area contributed by atoms with Crippen LogP contribution in [-0.2, 0) is 6.54 Å². The van der Waals surface area contributed by atoms with Gasteiger partial charge in [-0.15, -0.1) is 0 Å². The third-order valence-corrected chi connectivity index (χ3v) is 2.51. The van der Waals surface area contributed by atoms with E-state index in [2.05, 4.69) is 18.3 Å². The molecule has 0 heterocycles. The Bertz CT molecular complexity index is 302. The summed E-state index contributed by atoms with van der Waals surface area (Å²) in [5, 5.41) is 12.0. The Labute approximate surface area is 104 Å². The van der Waals surface area contributed by atoms with Crippen molar-refractivity contribution < 1.29 is 9.84 Å². The highest BCUT2D eigenvalue weighted by Gasteiger charge is 2.01. The normalized spacial score (nSPS) is 10.5. The van der Waals surface area contributed by atoms with Crippen LogP contribution in [0.5, 0.6) is 5.75 Å². The molecule has 0 aliphatic carbocycles. The molecule has 0 saturated carbocycles. The van der Waals surface area contributed by atoms with Crippen molar-refractivity contribution >= 4 is 0 Å². The summed E-state index contributed by atoms with van der Waals surface area (Å²) in [6.07, 6.45) is 2.90. The van der Waals surface area contributed by atoms with Crippen LogP contribution in [0.1, 0.15) is 31.7 Å². The molecule has 96 valence electrons. The molecule has 2 N–H and O–H groups in total. The van der Waals surface area contributed by atoms with Crippen LogP contribution in [0.4, 0.5) is 0 Å². The zero-order valence-corrected chi connectivity index (χ0v) is 10.6. The van der Waals surface area contributed by atoms with Gasteiger partial charge in [-0.3, -0.25) is 0 Å². The predicted octanol–water partition coefficient (Wildman–Crippen LogP) is 2.34. The van der Waals surface area contributed by atoms with Gasteiger partial charge in [0.15, 0.2) is 0 Å². The number of nitrogens with one attached hydrogen (secondary N) is 1. The Kier molecular flexibility index (Phi) is 7.43. The van der Waals surface area contributed by atoms with Gasteiger partial charge in [0.2, 0.25) is 0 Å². The lowest BCUT2D eigenvalue weighted by molar-refractivity contribution is 0.283. The lowest BCUT2D eigenvalue weighted by Gasteiger charge is -2.11. The monoisotopic (exact) mass is 237 g/mol. The molecule has 1 aromatic rings. The highest BCUT2D eigenvalue weighted by molar-refractivity contribution is 5.33. The zero-order chi connectivity index (χ0) is 12.3. The number of aliphatic hydroxyl groups excluding tert-OH is 1. The van der Waals surface area contributed by atoms with Crippen LogP contribution in [0.25, 0.3) is 0 Å². The number of ether oxygens (including phenoxy) is 1. The molecule has 0 aliphatic heterocycles. The van der Waals surface area contributed by atoms with Crippen molar-refractivity contribution in [2.75, 3.05) is 19.8 Å². The summed E-state index contributed by atoms with van der Waals surface area (Å²) in [5.41, 5.74) is 1.20. The molecule has 1 rings (SSSR count). The van der Waals surface area contributed by atoms with Gasteiger partial charge in [0.05, 0.1) is 6.61 Å². The molecule has 0 radical (unpaired) electrons. The third kappa shape index (κ3) is 5.71. The lowest BCUT2D eigenvalue weighted by Crippen LogP contribution is -2.15. The molecule has 0 amide bonds. The van der Waals surface area contributed by atoms with Crippen LogP contribution in [0.2, 0.25) is 0 Å². The average molecular weight is 237 g/mol. The molecule has 1 aromatic carbocycles. The van der Waals surface area contributed by atoms with Gasteiger partial charge in [-0.25, -0.2) is 0 Å². The van der Waals surface area contributed by atoms with Crippen LogP contribution in [0, 0.1) is 0 Å². The van der Waals surface area contributed by atoms with E-state index in [0.29, 0.717) is 0 Å². The maximum atomic E-state index is 8.68. The van der Waals surface area contributed by atoms with Gasteiger partial charge in [0.1, 0.15) is 5.75 Å². The van der Waals surface area contributed by atoms with Crippen LogP contribution in [0.3, 0.4) is 0 Å². The fraction of sp³-hybridized carbons (Fsp3) is 0.571. The predicted molar refractivity (Wildman–Crippen MR) is 70.3 cm³/mol. The zero-order valence-electron chi connectivity index (χ0n) is 10.6. The molecule has 0 unspecified atom stereocenters. The summed E-state index contributed by atoms with van der Waals surface area (Å²) in [6.45, 7) is 4.91. The number of hydrogen-bond acceptors (Lipinski definition) is 3. The van der Waals surface area contributed by atoms with Crippen molar-refractivity contribution in [2.24, 2.45) is 0 Å². The molecular weight excluding hydrogens is 214 g/mol. The quantitative estimate of drug-likeness (QED) is 0.648. The van der Waals surface area contributed by atoms with Gasteiger partial charge in [0.25, 0.3) is 0 Å². The number of rotatable bonds is 9. The van der Waals surface area contributed by atoms with E-state index < -0.39 is 0 Å². The topological polar surface area (TPSA) is 41.5 Å². The Hall–Kier alpha value is -1.06. The van der Waals surface area contributed by atoms with Crippen molar-refractivity contribution in [3.63, 3.8) is 0 Å². The fourth-order valence-corrected chi connectivity index (χ4v) is 1.59. The molecule has 0 spiro atoms. The Morgan fingerprint density at radius 3 is 2.82 bits per heavy atom. The van der Waals surface area contributed by atoms with Gasteiger partial charge in [-0.05, 0) is 31.9 Å².